The summed E-state index contributed by atoms with van der Waals surface area (Å²) in [5, 5.41) is 5.13. The lowest BCUT2D eigenvalue weighted by Crippen LogP contribution is -2.41. The number of sulfonamides is 1. The van der Waals surface area contributed by atoms with Crippen LogP contribution < -0.4 is 10.6 Å². The molecule has 31 heavy (non-hydrogen) atoms. The van der Waals surface area contributed by atoms with Gasteiger partial charge in [-0.2, -0.15) is 4.31 Å². The van der Waals surface area contributed by atoms with Crippen molar-refractivity contribution in [3.05, 3.63) is 58.4 Å². The predicted octanol–water partition coefficient (Wildman–Crippen LogP) is 3.19. The minimum atomic E-state index is -3.83. The van der Waals surface area contributed by atoms with Gasteiger partial charge < -0.3 is 10.6 Å². The Bertz CT molecular complexity index is 1120. The van der Waals surface area contributed by atoms with Gasteiger partial charge in [0.2, 0.25) is 15.9 Å². The predicted molar refractivity (Wildman–Crippen MR) is 116 cm³/mol. The molecule has 1 aliphatic rings. The molecule has 1 heterocycles. The zero-order valence-electron chi connectivity index (χ0n) is 17.1. The van der Waals surface area contributed by atoms with Crippen LogP contribution in [0, 0.1) is 18.7 Å². The minimum Gasteiger partial charge on any atom is -0.355 e. The summed E-state index contributed by atoms with van der Waals surface area (Å²) in [6.45, 7) is 2.14. The minimum absolute atomic E-state index is 0.0801. The zero-order valence-corrected chi connectivity index (χ0v) is 18.7. The standard InChI is InChI=1S/C21H23ClFN3O4S/c1-13-3-4-15(20(27)24-2)11-19(13)25-21(28)14-7-9-26(10-8-14)31(29,30)16-5-6-18(23)17(22)12-16/h3-6,11-12,14H,7-10H2,1-2H3,(H,24,27)(H,25,28). The monoisotopic (exact) mass is 467 g/mol. The van der Waals surface area contributed by atoms with Crippen molar-refractivity contribution in [1.82, 2.24) is 9.62 Å². The van der Waals surface area contributed by atoms with Crippen LogP contribution in [0.2, 0.25) is 5.02 Å². The normalized spacial score (nSPS) is 15.5. The van der Waals surface area contributed by atoms with Crippen molar-refractivity contribution in [2.75, 3.05) is 25.5 Å². The lowest BCUT2D eigenvalue weighted by Gasteiger charge is -2.30. The summed E-state index contributed by atoms with van der Waals surface area (Å²) >= 11 is 5.72. The van der Waals surface area contributed by atoms with E-state index in [-0.39, 0.29) is 40.7 Å². The number of piperidine rings is 1. The van der Waals surface area contributed by atoms with Crippen LogP contribution in [0.3, 0.4) is 0 Å². The van der Waals surface area contributed by atoms with Gasteiger partial charge in [-0.15, -0.1) is 0 Å². The fraction of sp³-hybridized carbons (Fsp3) is 0.333. The van der Waals surface area contributed by atoms with Crippen molar-refractivity contribution < 1.29 is 22.4 Å². The molecular weight excluding hydrogens is 445 g/mol. The molecule has 0 saturated carbocycles. The molecule has 0 radical (unpaired) electrons. The fourth-order valence-electron chi connectivity index (χ4n) is 3.42. The van der Waals surface area contributed by atoms with Gasteiger partial charge in [-0.3, -0.25) is 9.59 Å². The van der Waals surface area contributed by atoms with Gasteiger partial charge in [0, 0.05) is 37.3 Å². The first-order valence-electron chi connectivity index (χ1n) is 9.72. The van der Waals surface area contributed by atoms with Gasteiger partial charge in [-0.05, 0) is 55.7 Å². The number of hydrogen-bond donors (Lipinski definition) is 2. The highest BCUT2D eigenvalue weighted by Gasteiger charge is 2.32. The largest absolute Gasteiger partial charge is 0.355 e. The van der Waals surface area contributed by atoms with Crippen LogP contribution in [-0.4, -0.2) is 44.7 Å². The first-order chi connectivity index (χ1) is 14.6. The van der Waals surface area contributed by atoms with E-state index in [4.69, 9.17) is 11.6 Å². The van der Waals surface area contributed by atoms with Gasteiger partial charge in [0.25, 0.3) is 5.91 Å². The molecule has 0 aromatic heterocycles. The molecule has 1 fully saturated rings. The Morgan fingerprint density at radius 1 is 1.13 bits per heavy atom. The quantitative estimate of drug-likeness (QED) is 0.706. The smallest absolute Gasteiger partial charge is 0.251 e. The SMILES string of the molecule is CNC(=O)c1ccc(C)c(NC(=O)C2CCN(S(=O)(=O)c3ccc(F)c(Cl)c3)CC2)c1. The lowest BCUT2D eigenvalue weighted by atomic mass is 9.97. The van der Waals surface area contributed by atoms with E-state index in [2.05, 4.69) is 10.6 Å². The molecule has 3 rings (SSSR count). The fourth-order valence-corrected chi connectivity index (χ4v) is 5.16. The molecule has 0 atom stereocenters. The van der Waals surface area contributed by atoms with Crippen LogP contribution in [0.5, 0.6) is 0 Å². The molecule has 2 N–H and O–H groups in total. The first-order valence-corrected chi connectivity index (χ1v) is 11.5. The van der Waals surface area contributed by atoms with E-state index in [1.807, 2.05) is 6.92 Å². The highest BCUT2D eigenvalue weighted by atomic mass is 35.5. The molecule has 1 aliphatic heterocycles. The molecule has 166 valence electrons. The number of carbonyl (C=O) groups excluding carboxylic acids is 2. The van der Waals surface area contributed by atoms with E-state index in [1.165, 1.54) is 17.4 Å². The number of hydrogen-bond acceptors (Lipinski definition) is 4. The average Bonchev–Trinajstić information content (AvgIpc) is 2.76. The summed E-state index contributed by atoms with van der Waals surface area (Å²) in [6, 6.07) is 8.33. The summed E-state index contributed by atoms with van der Waals surface area (Å²) in [6.07, 6.45) is 0.683. The maximum absolute atomic E-state index is 13.4. The molecule has 1 saturated heterocycles. The molecular formula is C21H23ClFN3O4S. The molecule has 0 unspecified atom stereocenters. The van der Waals surface area contributed by atoms with Crippen molar-refractivity contribution >= 4 is 39.1 Å². The highest BCUT2D eigenvalue weighted by molar-refractivity contribution is 7.89. The number of amides is 2. The Kier molecular flexibility index (Phi) is 6.98. The van der Waals surface area contributed by atoms with E-state index in [0.29, 0.717) is 24.1 Å². The summed E-state index contributed by atoms with van der Waals surface area (Å²) in [5.74, 6) is -1.54. The van der Waals surface area contributed by atoms with Gasteiger partial charge >= 0.3 is 0 Å². The number of benzene rings is 2. The Balaban J connectivity index is 1.66. The molecule has 7 nitrogen and oxygen atoms in total. The summed E-state index contributed by atoms with van der Waals surface area (Å²) in [5.41, 5.74) is 1.79. The van der Waals surface area contributed by atoms with Gasteiger partial charge in [0.15, 0.2) is 0 Å². The Hall–Kier alpha value is -2.49. The third-order valence-electron chi connectivity index (χ3n) is 5.34. The van der Waals surface area contributed by atoms with Crippen LogP contribution in [0.4, 0.5) is 10.1 Å². The number of nitrogens with zero attached hydrogens (tertiary/aromatic N) is 1. The van der Waals surface area contributed by atoms with Crippen LogP contribution in [0.15, 0.2) is 41.3 Å². The molecule has 0 spiro atoms. The van der Waals surface area contributed by atoms with Crippen LogP contribution in [0.1, 0.15) is 28.8 Å². The molecule has 2 amide bonds. The third kappa shape index (κ3) is 5.06. The number of aryl methyl sites for hydroxylation is 1. The first kappa shape index (κ1) is 23.2. The zero-order chi connectivity index (χ0) is 22.8. The van der Waals surface area contributed by atoms with Crippen molar-refractivity contribution in [3.8, 4) is 0 Å². The van der Waals surface area contributed by atoms with Crippen LogP contribution in [0.25, 0.3) is 0 Å². The maximum Gasteiger partial charge on any atom is 0.251 e. The van der Waals surface area contributed by atoms with Crippen molar-refractivity contribution in [2.45, 2.75) is 24.7 Å². The van der Waals surface area contributed by atoms with Gasteiger partial charge in [-0.25, -0.2) is 12.8 Å². The summed E-state index contributed by atoms with van der Waals surface area (Å²) < 4.78 is 40.2. The van der Waals surface area contributed by atoms with Crippen molar-refractivity contribution in [2.24, 2.45) is 5.92 Å². The molecule has 2 aromatic rings. The van der Waals surface area contributed by atoms with E-state index in [9.17, 15) is 22.4 Å². The summed E-state index contributed by atoms with van der Waals surface area (Å²) in [4.78, 5) is 24.5. The van der Waals surface area contributed by atoms with Crippen molar-refractivity contribution in [3.63, 3.8) is 0 Å². The number of carbonyl (C=O) groups is 2. The second-order valence-electron chi connectivity index (χ2n) is 7.35. The van der Waals surface area contributed by atoms with E-state index in [0.717, 1.165) is 17.7 Å². The number of anilines is 1. The topological polar surface area (TPSA) is 95.6 Å². The van der Waals surface area contributed by atoms with Gasteiger partial charge in [0.05, 0.1) is 9.92 Å². The third-order valence-corrected chi connectivity index (χ3v) is 7.52. The Morgan fingerprint density at radius 3 is 2.42 bits per heavy atom. The van der Waals surface area contributed by atoms with Crippen LogP contribution in [-0.2, 0) is 14.8 Å². The second kappa shape index (κ2) is 9.33. The molecule has 0 bridgehead atoms. The summed E-state index contributed by atoms with van der Waals surface area (Å²) in [7, 11) is -2.30. The second-order valence-corrected chi connectivity index (χ2v) is 9.70. The van der Waals surface area contributed by atoms with E-state index in [1.54, 1.807) is 18.2 Å². The van der Waals surface area contributed by atoms with E-state index >= 15 is 0 Å². The van der Waals surface area contributed by atoms with Crippen LogP contribution >= 0.6 is 11.6 Å². The number of halogens is 2. The lowest BCUT2D eigenvalue weighted by molar-refractivity contribution is -0.120. The van der Waals surface area contributed by atoms with Gasteiger partial charge in [-0.1, -0.05) is 17.7 Å². The average molecular weight is 468 g/mol. The molecule has 0 aliphatic carbocycles. The number of rotatable bonds is 5. The van der Waals surface area contributed by atoms with E-state index < -0.39 is 15.8 Å². The highest BCUT2D eigenvalue weighted by Crippen LogP contribution is 2.27. The van der Waals surface area contributed by atoms with Gasteiger partial charge in [0.1, 0.15) is 5.82 Å². The molecule has 2 aromatic carbocycles. The Labute approximate surface area is 185 Å². The van der Waals surface area contributed by atoms with Crippen molar-refractivity contribution in [1.29, 1.82) is 0 Å². The molecule has 10 heteroatoms. The maximum atomic E-state index is 13.4. The number of nitrogens with one attached hydrogen (secondary N) is 2. The Morgan fingerprint density at radius 2 is 1.81 bits per heavy atom.